The van der Waals surface area contributed by atoms with Crippen LogP contribution in [-0.2, 0) is 35.4 Å². The number of unbranched alkanes of at least 4 members (excludes halogenated alkanes) is 14. The molecule has 2 rings (SSSR count). The number of rotatable bonds is 34. The van der Waals surface area contributed by atoms with Crippen LogP contribution in [0.1, 0.15) is 192 Å². The average molecular weight is 768 g/mol. The second-order valence-corrected chi connectivity index (χ2v) is 15.9. The fraction of sp³-hybridized carbons (Fsp3) is 0.750. The maximum Gasteiger partial charge on any atom is 0.345 e. The Labute approximate surface area is 341 Å². The van der Waals surface area contributed by atoms with Crippen LogP contribution in [0.25, 0.3) is 0 Å². The molecule has 0 radical (unpaired) electrons. The first-order valence-electron chi connectivity index (χ1n) is 22.9. The van der Waals surface area contributed by atoms with Crippen LogP contribution in [0.4, 0.5) is 0 Å². The molecule has 0 aliphatic heterocycles. The molecule has 0 aliphatic carbocycles. The smallest absolute Gasteiger partial charge is 0.345 e. The SMILES string of the molecule is CCCCCCCCc1cc(OC)ccc1COB([O-])OCc1ccc(OC)cc1CCCCCCCC.CCCC[N+](CCCC)(CCCC)CCCC. The lowest BCUT2D eigenvalue weighted by molar-refractivity contribution is -0.929. The van der Waals surface area contributed by atoms with Crippen molar-refractivity contribution in [3.8, 4) is 11.5 Å². The van der Waals surface area contributed by atoms with E-state index in [2.05, 4.69) is 53.7 Å². The van der Waals surface area contributed by atoms with Gasteiger partial charge in [-0.15, -0.1) is 0 Å². The Kier molecular flexibility index (Phi) is 31.5. The first-order chi connectivity index (χ1) is 26.8. The number of nitrogens with zero attached hydrogens (tertiary/aromatic N) is 1. The number of hydrogen-bond acceptors (Lipinski definition) is 5. The van der Waals surface area contributed by atoms with Crippen LogP contribution in [0.2, 0.25) is 0 Å². The first-order valence-corrected chi connectivity index (χ1v) is 22.9. The molecule has 2 aromatic carbocycles. The molecule has 0 bridgehead atoms. The highest BCUT2D eigenvalue weighted by Gasteiger charge is 2.24. The molecule has 0 saturated heterocycles. The van der Waals surface area contributed by atoms with Gasteiger partial charge in [0, 0.05) is 0 Å². The van der Waals surface area contributed by atoms with E-state index in [-0.39, 0.29) is 13.2 Å². The highest BCUT2D eigenvalue weighted by Crippen LogP contribution is 2.24. The molecule has 6 nitrogen and oxygen atoms in total. The quantitative estimate of drug-likeness (QED) is 0.0403. The van der Waals surface area contributed by atoms with Crippen molar-refractivity contribution in [2.75, 3.05) is 40.4 Å². The van der Waals surface area contributed by atoms with Crippen molar-refractivity contribution in [3.05, 3.63) is 58.7 Å². The summed E-state index contributed by atoms with van der Waals surface area (Å²) < 4.78 is 23.5. The zero-order valence-corrected chi connectivity index (χ0v) is 37.3. The zero-order chi connectivity index (χ0) is 40.4. The largest absolute Gasteiger partial charge is 0.832 e. The second kappa shape index (κ2) is 34.0. The predicted octanol–water partition coefficient (Wildman–Crippen LogP) is 12.6. The van der Waals surface area contributed by atoms with Gasteiger partial charge in [0.05, 0.1) is 53.6 Å². The fourth-order valence-electron chi connectivity index (χ4n) is 7.41. The van der Waals surface area contributed by atoms with E-state index in [0.717, 1.165) is 48.3 Å². The molecule has 0 atom stereocenters. The summed E-state index contributed by atoms with van der Waals surface area (Å²) in [5.74, 6) is 1.67. The van der Waals surface area contributed by atoms with Gasteiger partial charge in [-0.3, -0.25) is 0 Å². The molecule has 0 unspecified atom stereocenters. The number of ether oxygens (including phenoxy) is 2. The summed E-state index contributed by atoms with van der Waals surface area (Å²) >= 11 is 0. The third kappa shape index (κ3) is 23.7. The van der Waals surface area contributed by atoms with Gasteiger partial charge >= 0.3 is 7.32 Å². The van der Waals surface area contributed by atoms with E-state index >= 15 is 0 Å². The van der Waals surface area contributed by atoms with E-state index in [1.165, 1.54) is 157 Å². The lowest BCUT2D eigenvalue weighted by Crippen LogP contribution is -2.50. The summed E-state index contributed by atoms with van der Waals surface area (Å²) in [6, 6.07) is 12.0. The van der Waals surface area contributed by atoms with Crippen molar-refractivity contribution in [1.82, 2.24) is 0 Å². The van der Waals surface area contributed by atoms with Crippen molar-refractivity contribution < 1.29 is 28.3 Å². The number of hydrogen-bond donors (Lipinski definition) is 0. The van der Waals surface area contributed by atoms with Crippen molar-refractivity contribution in [3.63, 3.8) is 0 Å². The van der Waals surface area contributed by atoms with Gasteiger partial charge in [-0.05, 0) is 97.9 Å². The van der Waals surface area contributed by atoms with Gasteiger partial charge < -0.3 is 28.3 Å². The van der Waals surface area contributed by atoms with Crippen LogP contribution in [0.3, 0.4) is 0 Å². The summed E-state index contributed by atoms with van der Waals surface area (Å²) in [5.41, 5.74) is 4.42. The first kappa shape index (κ1) is 51.0. The van der Waals surface area contributed by atoms with Gasteiger partial charge in [-0.25, -0.2) is 0 Å². The van der Waals surface area contributed by atoms with Crippen LogP contribution >= 0.6 is 0 Å². The Morgan fingerprint density at radius 3 is 1.09 bits per heavy atom. The molecular weight excluding hydrogens is 681 g/mol. The molecule has 0 heterocycles. The van der Waals surface area contributed by atoms with Crippen molar-refractivity contribution in [2.24, 2.45) is 0 Å². The number of quaternary nitrogens is 1. The van der Waals surface area contributed by atoms with E-state index in [4.69, 9.17) is 18.8 Å². The minimum Gasteiger partial charge on any atom is -0.832 e. The lowest BCUT2D eigenvalue weighted by atomic mass is 9.99. The Bertz CT molecular complexity index is 1070. The Hall–Kier alpha value is -2.06. The fourth-order valence-corrected chi connectivity index (χ4v) is 7.41. The summed E-state index contributed by atoms with van der Waals surface area (Å²) in [7, 11) is 1.83. The summed E-state index contributed by atoms with van der Waals surface area (Å²) in [6.07, 6.45) is 27.9. The van der Waals surface area contributed by atoms with Crippen LogP contribution in [0.15, 0.2) is 36.4 Å². The molecule has 0 spiro atoms. The second-order valence-electron chi connectivity index (χ2n) is 15.9. The number of benzene rings is 2. The van der Waals surface area contributed by atoms with Gasteiger partial charge in [0.25, 0.3) is 0 Å². The molecular formula is C48H86BNO5. The molecule has 316 valence electrons. The zero-order valence-electron chi connectivity index (χ0n) is 37.3. The third-order valence-corrected chi connectivity index (χ3v) is 11.1. The van der Waals surface area contributed by atoms with Gasteiger partial charge in [-0.1, -0.05) is 144 Å². The van der Waals surface area contributed by atoms with Crippen LogP contribution in [-0.4, -0.2) is 52.2 Å². The number of methoxy groups -OCH3 is 2. The molecule has 55 heavy (non-hydrogen) atoms. The van der Waals surface area contributed by atoms with Gasteiger partial charge in [0.1, 0.15) is 11.5 Å². The summed E-state index contributed by atoms with van der Waals surface area (Å²) in [4.78, 5) is 0. The molecule has 2 aromatic rings. The average Bonchev–Trinajstić information content (AvgIpc) is 3.21. The minimum absolute atomic E-state index is 0.233. The molecule has 0 amide bonds. The highest BCUT2D eigenvalue weighted by molar-refractivity contribution is 6.32. The standard InChI is InChI=1S/C32H50BO5.C16H36N/c1-5-7-9-11-13-15-17-27-23-31(35-3)21-19-29(27)25-37-33(34)38-26-30-20-22-32(36-4)24-28(30)18-16-14-12-10-8-6-2;1-5-9-13-17(14-10-6-2,15-11-7-3)16-12-8-4/h19-24H,5-18,25-26H2,1-4H3;5-16H2,1-4H3/q-1;+1. The monoisotopic (exact) mass is 768 g/mol. The van der Waals surface area contributed by atoms with Crippen LogP contribution < -0.4 is 14.5 Å². The molecule has 0 aromatic heterocycles. The van der Waals surface area contributed by atoms with Gasteiger partial charge in [-0.2, -0.15) is 0 Å². The summed E-state index contributed by atoms with van der Waals surface area (Å²) in [5, 5.41) is 12.6. The number of aryl methyl sites for hydroxylation is 2. The van der Waals surface area contributed by atoms with Crippen molar-refractivity contribution in [2.45, 2.75) is 196 Å². The third-order valence-electron chi connectivity index (χ3n) is 11.1. The van der Waals surface area contributed by atoms with E-state index in [1.807, 2.05) is 24.3 Å². The predicted molar refractivity (Wildman–Crippen MR) is 235 cm³/mol. The lowest BCUT2D eigenvalue weighted by Gasteiger charge is -2.39. The molecule has 0 saturated carbocycles. The molecule has 0 fully saturated rings. The topological polar surface area (TPSA) is 60.0 Å². The van der Waals surface area contributed by atoms with Gasteiger partial charge in [0.15, 0.2) is 0 Å². The van der Waals surface area contributed by atoms with Gasteiger partial charge in [0.2, 0.25) is 0 Å². The minimum atomic E-state index is -1.54. The maximum absolute atomic E-state index is 12.6. The highest BCUT2D eigenvalue weighted by atomic mass is 16.7. The Morgan fingerprint density at radius 2 is 0.764 bits per heavy atom. The van der Waals surface area contributed by atoms with E-state index in [9.17, 15) is 5.02 Å². The molecule has 7 heteroatoms. The molecule has 0 N–H and O–H groups in total. The van der Waals surface area contributed by atoms with Crippen LogP contribution in [0.5, 0.6) is 11.5 Å². The van der Waals surface area contributed by atoms with Crippen molar-refractivity contribution >= 4 is 7.32 Å². The normalized spacial score (nSPS) is 11.4. The summed E-state index contributed by atoms with van der Waals surface area (Å²) in [6.45, 7) is 20.0. The Morgan fingerprint density at radius 1 is 0.436 bits per heavy atom. The van der Waals surface area contributed by atoms with Crippen LogP contribution in [0, 0.1) is 0 Å². The maximum atomic E-state index is 12.6. The van der Waals surface area contributed by atoms with E-state index < -0.39 is 7.32 Å². The molecule has 0 aliphatic rings. The van der Waals surface area contributed by atoms with Crippen molar-refractivity contribution in [1.29, 1.82) is 0 Å². The Balaban J connectivity index is 0.000000747. The van der Waals surface area contributed by atoms with E-state index in [1.54, 1.807) is 14.2 Å². The van der Waals surface area contributed by atoms with E-state index in [0.29, 0.717) is 0 Å².